The molecule has 25 heavy (non-hydrogen) atoms. The molecule has 1 aromatic heterocycles. The van der Waals surface area contributed by atoms with Gasteiger partial charge in [0, 0.05) is 41.0 Å². The molecule has 0 amide bonds. The first-order valence-electron chi connectivity index (χ1n) is 8.30. The standard InChI is InChI=1S/C22H21N2.HI/c1-22(2)19-10-6-7-11-20(19)24(3)21(22)13-12-17-15-23-14-16-8-4-5-9-18(16)17;/h4-15H,1-3H3;1H/q+1;/p-1. The quantitative estimate of drug-likeness (QED) is 0.440. The van der Waals surface area contributed by atoms with Crippen molar-refractivity contribution in [3.8, 4) is 0 Å². The summed E-state index contributed by atoms with van der Waals surface area (Å²) in [5, 5.41) is 2.41. The van der Waals surface area contributed by atoms with E-state index in [1.165, 1.54) is 27.7 Å². The highest BCUT2D eigenvalue weighted by atomic mass is 127. The maximum absolute atomic E-state index is 4.38. The van der Waals surface area contributed by atoms with Crippen molar-refractivity contribution in [3.05, 3.63) is 78.1 Å². The smallest absolute Gasteiger partial charge is 0.209 e. The van der Waals surface area contributed by atoms with Gasteiger partial charge in [-0.3, -0.25) is 4.98 Å². The lowest BCUT2D eigenvalue weighted by Crippen LogP contribution is -3.00. The average Bonchev–Trinajstić information content (AvgIpc) is 2.80. The molecule has 126 valence electrons. The zero-order valence-corrected chi connectivity index (χ0v) is 16.9. The lowest BCUT2D eigenvalue weighted by molar-refractivity contribution is -0.401. The highest BCUT2D eigenvalue weighted by molar-refractivity contribution is 6.06. The van der Waals surface area contributed by atoms with Gasteiger partial charge in [0.15, 0.2) is 5.71 Å². The molecule has 0 saturated heterocycles. The summed E-state index contributed by atoms with van der Waals surface area (Å²) in [4.78, 5) is 4.38. The molecule has 0 atom stereocenters. The fourth-order valence-electron chi connectivity index (χ4n) is 3.74. The third-order valence-corrected chi connectivity index (χ3v) is 5.06. The van der Waals surface area contributed by atoms with Gasteiger partial charge in [-0.05, 0) is 25.3 Å². The monoisotopic (exact) mass is 440 g/mol. The van der Waals surface area contributed by atoms with Gasteiger partial charge < -0.3 is 24.0 Å². The Morgan fingerprint density at radius 2 is 1.64 bits per heavy atom. The van der Waals surface area contributed by atoms with Crippen molar-refractivity contribution in [2.45, 2.75) is 19.3 Å². The molecular weight excluding hydrogens is 419 g/mol. The topological polar surface area (TPSA) is 15.9 Å². The van der Waals surface area contributed by atoms with Crippen LogP contribution in [-0.2, 0) is 5.41 Å². The summed E-state index contributed by atoms with van der Waals surface area (Å²) >= 11 is 0. The Kier molecular flexibility index (Phi) is 4.78. The number of halogens is 1. The first kappa shape index (κ1) is 17.8. The third kappa shape index (κ3) is 2.91. The van der Waals surface area contributed by atoms with Gasteiger partial charge in [-0.2, -0.15) is 4.58 Å². The van der Waals surface area contributed by atoms with Gasteiger partial charge in [-0.1, -0.05) is 42.5 Å². The van der Waals surface area contributed by atoms with E-state index in [-0.39, 0.29) is 29.4 Å². The fourth-order valence-corrected chi connectivity index (χ4v) is 3.74. The summed E-state index contributed by atoms with van der Waals surface area (Å²) in [7, 11) is 2.15. The Morgan fingerprint density at radius 1 is 0.920 bits per heavy atom. The average molecular weight is 440 g/mol. The zero-order chi connectivity index (χ0) is 16.7. The summed E-state index contributed by atoms with van der Waals surface area (Å²) in [6.45, 7) is 4.58. The van der Waals surface area contributed by atoms with Crippen molar-refractivity contribution >= 4 is 28.2 Å². The number of benzene rings is 2. The third-order valence-electron chi connectivity index (χ3n) is 5.06. The number of hydrogen-bond acceptors (Lipinski definition) is 1. The highest BCUT2D eigenvalue weighted by Gasteiger charge is 2.42. The number of rotatable bonds is 2. The number of aromatic nitrogens is 1. The van der Waals surface area contributed by atoms with Crippen LogP contribution in [-0.4, -0.2) is 22.3 Å². The Balaban J connectivity index is 0.00000182. The van der Waals surface area contributed by atoms with Crippen LogP contribution in [0.2, 0.25) is 0 Å². The molecule has 1 aliphatic heterocycles. The molecule has 1 aliphatic rings. The number of nitrogens with zero attached hydrogens (tertiary/aromatic N) is 2. The van der Waals surface area contributed by atoms with E-state index in [1.807, 2.05) is 12.4 Å². The molecule has 0 radical (unpaired) electrons. The summed E-state index contributed by atoms with van der Waals surface area (Å²) in [6.07, 6.45) is 8.29. The molecule has 0 saturated carbocycles. The molecule has 4 rings (SSSR count). The molecule has 0 spiro atoms. The molecular formula is C22H21IN2. The van der Waals surface area contributed by atoms with E-state index in [0.29, 0.717) is 0 Å². The molecule has 0 N–H and O–H groups in total. The lowest BCUT2D eigenvalue weighted by atomic mass is 9.81. The van der Waals surface area contributed by atoms with Crippen LogP contribution in [0.4, 0.5) is 5.69 Å². The second-order valence-corrected chi connectivity index (χ2v) is 6.87. The van der Waals surface area contributed by atoms with E-state index in [9.17, 15) is 0 Å². The molecule has 0 unspecified atom stereocenters. The van der Waals surface area contributed by atoms with Crippen molar-refractivity contribution in [2.24, 2.45) is 0 Å². The van der Waals surface area contributed by atoms with E-state index in [0.717, 1.165) is 5.56 Å². The number of allylic oxidation sites excluding steroid dienone is 1. The molecule has 3 heteroatoms. The maximum Gasteiger partial charge on any atom is 0.209 e. The normalized spacial score (nSPS) is 15.5. The van der Waals surface area contributed by atoms with Crippen molar-refractivity contribution in [1.29, 1.82) is 0 Å². The summed E-state index contributed by atoms with van der Waals surface area (Å²) in [5.41, 5.74) is 5.12. The predicted octanol–water partition coefficient (Wildman–Crippen LogP) is 1.96. The van der Waals surface area contributed by atoms with Gasteiger partial charge in [-0.25, -0.2) is 0 Å². The van der Waals surface area contributed by atoms with Crippen LogP contribution in [0.15, 0.2) is 67.0 Å². The minimum absolute atomic E-state index is 0. The van der Waals surface area contributed by atoms with Crippen LogP contribution in [0, 0.1) is 0 Å². The summed E-state index contributed by atoms with van der Waals surface area (Å²) in [5.74, 6) is 0. The highest BCUT2D eigenvalue weighted by Crippen LogP contribution is 2.39. The van der Waals surface area contributed by atoms with Crippen LogP contribution in [0.25, 0.3) is 16.8 Å². The van der Waals surface area contributed by atoms with Crippen LogP contribution >= 0.6 is 0 Å². The van der Waals surface area contributed by atoms with Crippen molar-refractivity contribution < 1.29 is 28.6 Å². The predicted molar refractivity (Wildman–Crippen MR) is 101 cm³/mol. The number of pyridine rings is 1. The van der Waals surface area contributed by atoms with Gasteiger partial charge in [-0.15, -0.1) is 0 Å². The minimum Gasteiger partial charge on any atom is -1.00 e. The molecule has 2 heterocycles. The van der Waals surface area contributed by atoms with E-state index < -0.39 is 0 Å². The van der Waals surface area contributed by atoms with Gasteiger partial charge in [0.1, 0.15) is 7.05 Å². The SMILES string of the molecule is C[N+]1=C(/C=C/c2cncc3ccccc23)C(C)(C)c2ccccc21.[I-]. The summed E-state index contributed by atoms with van der Waals surface area (Å²) < 4.78 is 2.30. The van der Waals surface area contributed by atoms with Crippen LogP contribution < -0.4 is 24.0 Å². The Morgan fingerprint density at radius 3 is 2.44 bits per heavy atom. The second-order valence-electron chi connectivity index (χ2n) is 6.87. The fraction of sp³-hybridized carbons (Fsp3) is 0.182. The first-order valence-corrected chi connectivity index (χ1v) is 8.30. The maximum atomic E-state index is 4.38. The van der Waals surface area contributed by atoms with Crippen LogP contribution in [0.5, 0.6) is 0 Å². The number of hydrogen-bond donors (Lipinski definition) is 0. The van der Waals surface area contributed by atoms with Gasteiger partial charge in [0.05, 0.1) is 5.41 Å². The molecule has 0 fully saturated rings. The largest absolute Gasteiger partial charge is 1.00 e. The second kappa shape index (κ2) is 6.71. The van der Waals surface area contributed by atoms with Gasteiger partial charge >= 0.3 is 0 Å². The first-order chi connectivity index (χ1) is 11.6. The van der Waals surface area contributed by atoms with E-state index >= 15 is 0 Å². The molecule has 2 aromatic carbocycles. The Labute approximate surface area is 165 Å². The molecule has 0 aliphatic carbocycles. The summed E-state index contributed by atoms with van der Waals surface area (Å²) in [6, 6.07) is 17.0. The van der Waals surface area contributed by atoms with Crippen molar-refractivity contribution in [3.63, 3.8) is 0 Å². The number of fused-ring (bicyclic) bond motifs is 2. The molecule has 0 bridgehead atoms. The Bertz CT molecular complexity index is 994. The Hall–Kier alpha value is -2.01. The van der Waals surface area contributed by atoms with E-state index in [4.69, 9.17) is 0 Å². The molecule has 3 aromatic rings. The number of para-hydroxylation sites is 1. The van der Waals surface area contributed by atoms with E-state index in [1.54, 1.807) is 0 Å². The molecule has 2 nitrogen and oxygen atoms in total. The minimum atomic E-state index is -0.000143. The van der Waals surface area contributed by atoms with Gasteiger partial charge in [0.2, 0.25) is 5.69 Å². The van der Waals surface area contributed by atoms with E-state index in [2.05, 4.69) is 91.1 Å². The van der Waals surface area contributed by atoms with Crippen molar-refractivity contribution in [2.75, 3.05) is 7.05 Å². The van der Waals surface area contributed by atoms with Gasteiger partial charge in [0.25, 0.3) is 0 Å². The van der Waals surface area contributed by atoms with Crippen LogP contribution in [0.3, 0.4) is 0 Å². The van der Waals surface area contributed by atoms with Crippen molar-refractivity contribution in [1.82, 2.24) is 4.98 Å². The lowest BCUT2D eigenvalue weighted by Gasteiger charge is -2.15. The zero-order valence-electron chi connectivity index (χ0n) is 14.7. The van der Waals surface area contributed by atoms with Crippen LogP contribution in [0.1, 0.15) is 25.0 Å².